The summed E-state index contributed by atoms with van der Waals surface area (Å²) in [4.78, 5) is 40.4. The summed E-state index contributed by atoms with van der Waals surface area (Å²) in [6, 6.07) is 5.71. The Morgan fingerprint density at radius 2 is 2.00 bits per heavy atom. The molecule has 6 nitrogen and oxygen atoms in total. The third kappa shape index (κ3) is 1.97. The largest absolute Gasteiger partial charge is 0.326 e. The Labute approximate surface area is 147 Å². The van der Waals surface area contributed by atoms with E-state index in [9.17, 15) is 14.4 Å². The van der Waals surface area contributed by atoms with E-state index in [1.54, 1.807) is 0 Å². The molecule has 1 aromatic carbocycles. The molecule has 1 spiro atoms. The molecule has 6 heteroatoms. The van der Waals surface area contributed by atoms with E-state index in [0.29, 0.717) is 6.54 Å². The molecule has 132 valence electrons. The van der Waals surface area contributed by atoms with Gasteiger partial charge in [-0.3, -0.25) is 19.3 Å². The van der Waals surface area contributed by atoms with Gasteiger partial charge in [-0.1, -0.05) is 25.0 Å². The molecule has 3 N–H and O–H groups in total. The maximum absolute atomic E-state index is 13.2. The van der Waals surface area contributed by atoms with Crippen molar-refractivity contribution in [2.45, 2.75) is 45.2 Å². The van der Waals surface area contributed by atoms with Gasteiger partial charge in [-0.05, 0) is 32.4 Å². The van der Waals surface area contributed by atoms with Crippen molar-refractivity contribution in [3.63, 3.8) is 0 Å². The number of unbranched alkanes of at least 4 members (excludes halogenated alkanes) is 1. The van der Waals surface area contributed by atoms with Crippen LogP contribution in [0.4, 0.5) is 5.69 Å². The highest BCUT2D eigenvalue weighted by Crippen LogP contribution is 2.49. The quantitative estimate of drug-likeness (QED) is 0.785. The molecule has 3 heterocycles. The molecule has 1 aromatic rings. The van der Waals surface area contributed by atoms with Crippen LogP contribution in [0.15, 0.2) is 18.2 Å². The zero-order valence-corrected chi connectivity index (χ0v) is 14.8. The highest BCUT2D eigenvalue weighted by molar-refractivity contribution is 6.13. The molecule has 0 saturated carbocycles. The van der Waals surface area contributed by atoms with Crippen molar-refractivity contribution in [2.75, 3.05) is 11.9 Å². The van der Waals surface area contributed by atoms with Gasteiger partial charge in [-0.25, -0.2) is 0 Å². The van der Waals surface area contributed by atoms with Gasteiger partial charge in [0.2, 0.25) is 17.4 Å². The van der Waals surface area contributed by atoms with Gasteiger partial charge < -0.3 is 10.6 Å². The molecule has 4 atom stereocenters. The number of amides is 3. The Hall–Kier alpha value is -2.21. The number of aryl methyl sites for hydroxylation is 1. The van der Waals surface area contributed by atoms with Crippen molar-refractivity contribution in [2.24, 2.45) is 11.8 Å². The van der Waals surface area contributed by atoms with Crippen LogP contribution in [0.25, 0.3) is 0 Å². The van der Waals surface area contributed by atoms with E-state index in [-0.39, 0.29) is 23.8 Å². The lowest BCUT2D eigenvalue weighted by Gasteiger charge is -2.26. The van der Waals surface area contributed by atoms with Crippen LogP contribution in [-0.2, 0) is 19.9 Å². The van der Waals surface area contributed by atoms with E-state index in [4.69, 9.17) is 0 Å². The molecule has 2 saturated heterocycles. The maximum atomic E-state index is 13.2. The van der Waals surface area contributed by atoms with Crippen LogP contribution in [0.2, 0.25) is 0 Å². The number of nitrogens with zero attached hydrogens (tertiary/aromatic N) is 1. The number of benzene rings is 1. The number of hydrogen-bond acceptors (Lipinski definition) is 3. The number of fused-ring (bicyclic) bond motifs is 4. The summed E-state index contributed by atoms with van der Waals surface area (Å²) < 4.78 is 0. The summed E-state index contributed by atoms with van der Waals surface area (Å²) in [6.07, 6.45) is 1.71. The molecule has 25 heavy (non-hydrogen) atoms. The molecule has 3 aliphatic heterocycles. The lowest BCUT2D eigenvalue weighted by atomic mass is 9.76. The first-order valence-electron chi connectivity index (χ1n) is 9.05. The van der Waals surface area contributed by atoms with Gasteiger partial charge in [0.1, 0.15) is 11.8 Å². The van der Waals surface area contributed by atoms with Crippen molar-refractivity contribution < 1.29 is 19.7 Å². The normalized spacial score (nSPS) is 33.2. The van der Waals surface area contributed by atoms with Crippen molar-refractivity contribution >= 4 is 23.4 Å². The van der Waals surface area contributed by atoms with Gasteiger partial charge in [0.15, 0.2) is 0 Å². The smallest absolute Gasteiger partial charge is 0.291 e. The SMILES string of the molecule is CCCCN1C(=O)[C@H]2[C@@H](C1=O)[C@]1([NH2+][C@@H]2C)C(=O)Nc2ccc(C)cc21. The fraction of sp³-hybridized carbons (Fsp3) is 0.526. The van der Waals surface area contributed by atoms with E-state index in [0.717, 1.165) is 29.7 Å². The predicted molar refractivity (Wildman–Crippen MR) is 91.5 cm³/mol. The second-order valence-electron chi connectivity index (χ2n) is 7.58. The topological polar surface area (TPSA) is 83.1 Å². The highest BCUT2D eigenvalue weighted by Gasteiger charge is 2.73. The lowest BCUT2D eigenvalue weighted by Crippen LogP contribution is -2.98. The Morgan fingerprint density at radius 3 is 2.72 bits per heavy atom. The molecular weight excluding hydrogens is 318 g/mol. The zero-order chi connectivity index (χ0) is 17.9. The van der Waals surface area contributed by atoms with Gasteiger partial charge in [-0.2, -0.15) is 0 Å². The van der Waals surface area contributed by atoms with Gasteiger partial charge in [0.25, 0.3) is 5.91 Å². The summed E-state index contributed by atoms with van der Waals surface area (Å²) in [7, 11) is 0. The van der Waals surface area contributed by atoms with Crippen LogP contribution >= 0.6 is 0 Å². The van der Waals surface area contributed by atoms with Gasteiger partial charge >= 0.3 is 0 Å². The van der Waals surface area contributed by atoms with Crippen LogP contribution in [0.5, 0.6) is 0 Å². The van der Waals surface area contributed by atoms with E-state index in [1.165, 1.54) is 4.90 Å². The van der Waals surface area contributed by atoms with Crippen molar-refractivity contribution in [1.29, 1.82) is 0 Å². The van der Waals surface area contributed by atoms with Crippen molar-refractivity contribution in [3.05, 3.63) is 29.3 Å². The number of hydrogen-bond donors (Lipinski definition) is 2. The standard InChI is InChI=1S/C19H23N3O3/c1-4-5-8-22-16(23)14-11(3)21-19(15(14)17(22)24)12-9-10(2)6-7-13(12)20-18(19)25/h6-7,9,11,14-15,21H,4-5,8H2,1-3H3,(H,20,25)/p+1/t11-,14-,15+,19+/m1/s1. The van der Waals surface area contributed by atoms with Crippen LogP contribution in [0.3, 0.4) is 0 Å². The first kappa shape index (κ1) is 16.3. The van der Waals surface area contributed by atoms with Crippen molar-refractivity contribution in [1.82, 2.24) is 4.90 Å². The third-order valence-corrected chi connectivity index (χ3v) is 6.01. The molecule has 3 aliphatic rings. The second-order valence-corrected chi connectivity index (χ2v) is 7.58. The number of anilines is 1. The molecule has 3 amide bonds. The highest BCUT2D eigenvalue weighted by atomic mass is 16.2. The Morgan fingerprint density at radius 1 is 1.24 bits per heavy atom. The number of carbonyl (C=O) groups is 3. The fourth-order valence-electron chi connectivity index (χ4n) is 4.85. The van der Waals surface area contributed by atoms with E-state index in [1.807, 2.05) is 44.3 Å². The van der Waals surface area contributed by atoms with Crippen LogP contribution < -0.4 is 10.6 Å². The van der Waals surface area contributed by atoms with Crippen LogP contribution in [0, 0.1) is 18.8 Å². The number of rotatable bonds is 3. The monoisotopic (exact) mass is 342 g/mol. The van der Waals surface area contributed by atoms with E-state index < -0.39 is 17.4 Å². The Kier molecular flexibility index (Phi) is 3.51. The minimum atomic E-state index is -1.01. The molecule has 0 bridgehead atoms. The number of imide groups is 1. The van der Waals surface area contributed by atoms with Crippen LogP contribution in [0.1, 0.15) is 37.8 Å². The van der Waals surface area contributed by atoms with E-state index in [2.05, 4.69) is 5.32 Å². The molecule has 2 fully saturated rings. The molecule has 0 radical (unpaired) electrons. The summed E-state index contributed by atoms with van der Waals surface area (Å²) in [5, 5.41) is 4.87. The van der Waals surface area contributed by atoms with Crippen LogP contribution in [-0.4, -0.2) is 35.2 Å². The minimum Gasteiger partial charge on any atom is -0.326 e. The van der Waals surface area contributed by atoms with Gasteiger partial charge in [0.05, 0.1) is 11.7 Å². The average Bonchev–Trinajstić information content (AvgIpc) is 3.12. The number of quaternary nitrogens is 1. The third-order valence-electron chi connectivity index (χ3n) is 6.01. The lowest BCUT2D eigenvalue weighted by molar-refractivity contribution is -0.730. The average molecular weight is 342 g/mol. The predicted octanol–water partition coefficient (Wildman–Crippen LogP) is 0.509. The molecule has 0 aromatic heterocycles. The van der Waals surface area contributed by atoms with E-state index >= 15 is 0 Å². The maximum Gasteiger partial charge on any atom is 0.291 e. The summed E-state index contributed by atoms with van der Waals surface area (Å²) in [5.74, 6) is -1.52. The Bertz CT molecular complexity index is 790. The second kappa shape index (κ2) is 5.39. The van der Waals surface area contributed by atoms with Gasteiger partial charge in [0, 0.05) is 12.1 Å². The summed E-state index contributed by atoms with van der Waals surface area (Å²) in [5.41, 5.74) is 1.63. The number of likely N-dealkylation sites (tertiary alicyclic amines) is 1. The molecule has 4 rings (SSSR count). The minimum absolute atomic E-state index is 0.106. The molecule has 0 unspecified atom stereocenters. The van der Waals surface area contributed by atoms with Gasteiger partial charge in [-0.15, -0.1) is 0 Å². The number of nitrogens with two attached hydrogens (primary N) is 1. The first-order valence-corrected chi connectivity index (χ1v) is 9.05. The zero-order valence-electron chi connectivity index (χ0n) is 14.8. The number of carbonyl (C=O) groups excluding carboxylic acids is 3. The molecular formula is C19H24N3O3+. The first-order chi connectivity index (χ1) is 11.9. The fourth-order valence-corrected chi connectivity index (χ4v) is 4.85. The van der Waals surface area contributed by atoms with Crippen molar-refractivity contribution in [3.8, 4) is 0 Å². The molecule has 0 aliphatic carbocycles. The Balaban J connectivity index is 1.83. The number of nitrogens with one attached hydrogen (secondary N) is 1. The summed E-state index contributed by atoms with van der Waals surface area (Å²) >= 11 is 0. The summed E-state index contributed by atoms with van der Waals surface area (Å²) in [6.45, 7) is 6.41.